The quantitative estimate of drug-likeness (QED) is 0.718. The van der Waals surface area contributed by atoms with Crippen LogP contribution < -0.4 is 5.32 Å². The SMILES string of the molecule is CCC(NC1CCCC(C)(C)C1)c1ccc(Cl)cc1Cl. The van der Waals surface area contributed by atoms with Crippen LogP contribution in [0.1, 0.15) is 64.5 Å². The van der Waals surface area contributed by atoms with Crippen LogP contribution >= 0.6 is 23.2 Å². The molecular weight excluding hydrogens is 289 g/mol. The minimum absolute atomic E-state index is 0.318. The molecule has 3 heteroatoms. The van der Waals surface area contributed by atoms with E-state index in [0.717, 1.165) is 11.4 Å². The molecule has 1 fully saturated rings. The molecule has 20 heavy (non-hydrogen) atoms. The molecule has 0 heterocycles. The first-order chi connectivity index (χ1) is 9.41. The van der Waals surface area contributed by atoms with Gasteiger partial charge in [0.2, 0.25) is 0 Å². The van der Waals surface area contributed by atoms with Crippen LogP contribution in [0.25, 0.3) is 0 Å². The molecule has 1 aliphatic carbocycles. The van der Waals surface area contributed by atoms with Gasteiger partial charge in [0.15, 0.2) is 0 Å². The molecule has 1 aliphatic rings. The van der Waals surface area contributed by atoms with E-state index in [0.29, 0.717) is 22.5 Å². The molecule has 0 bridgehead atoms. The molecule has 0 spiro atoms. The van der Waals surface area contributed by atoms with Crippen molar-refractivity contribution in [2.75, 3.05) is 0 Å². The van der Waals surface area contributed by atoms with Crippen molar-refractivity contribution in [1.82, 2.24) is 5.32 Å². The lowest BCUT2D eigenvalue weighted by atomic mass is 9.75. The summed E-state index contributed by atoms with van der Waals surface area (Å²) in [6.07, 6.45) is 6.21. The topological polar surface area (TPSA) is 12.0 Å². The maximum atomic E-state index is 6.35. The Labute approximate surface area is 133 Å². The third-order valence-corrected chi connectivity index (χ3v) is 4.95. The van der Waals surface area contributed by atoms with Crippen molar-refractivity contribution in [2.45, 2.75) is 65.0 Å². The van der Waals surface area contributed by atoms with Gasteiger partial charge in [-0.1, -0.05) is 56.5 Å². The molecule has 1 N–H and O–H groups in total. The largest absolute Gasteiger partial charge is 0.307 e. The molecule has 2 rings (SSSR count). The highest BCUT2D eigenvalue weighted by Gasteiger charge is 2.29. The monoisotopic (exact) mass is 313 g/mol. The Bertz CT molecular complexity index is 456. The molecule has 0 saturated heterocycles. The molecule has 1 saturated carbocycles. The molecule has 2 atom stereocenters. The van der Waals surface area contributed by atoms with Crippen molar-refractivity contribution in [2.24, 2.45) is 5.41 Å². The number of hydrogen-bond donors (Lipinski definition) is 1. The Morgan fingerprint density at radius 3 is 2.70 bits per heavy atom. The van der Waals surface area contributed by atoms with Gasteiger partial charge in [0, 0.05) is 22.1 Å². The van der Waals surface area contributed by atoms with Crippen LogP contribution in [0.4, 0.5) is 0 Å². The summed E-state index contributed by atoms with van der Waals surface area (Å²) >= 11 is 12.3. The molecule has 1 aromatic rings. The third kappa shape index (κ3) is 4.13. The van der Waals surface area contributed by atoms with Crippen LogP contribution in [0.3, 0.4) is 0 Å². The van der Waals surface area contributed by atoms with Crippen molar-refractivity contribution in [3.05, 3.63) is 33.8 Å². The number of halogens is 2. The fourth-order valence-corrected chi connectivity index (χ4v) is 3.88. The fraction of sp³-hybridized carbons (Fsp3) is 0.647. The standard InChI is InChI=1S/C17H25Cl2N/c1-4-16(14-8-7-12(18)10-15(14)19)20-13-6-5-9-17(2,3)11-13/h7-8,10,13,16,20H,4-6,9,11H2,1-3H3. The van der Waals surface area contributed by atoms with E-state index in [-0.39, 0.29) is 0 Å². The summed E-state index contributed by atoms with van der Waals surface area (Å²) in [5.74, 6) is 0. The molecule has 0 radical (unpaired) electrons. The summed E-state index contributed by atoms with van der Waals surface area (Å²) in [4.78, 5) is 0. The Balaban J connectivity index is 2.09. The first-order valence-electron chi connectivity index (χ1n) is 7.62. The summed E-state index contributed by atoms with van der Waals surface area (Å²) in [5.41, 5.74) is 1.62. The lowest BCUT2D eigenvalue weighted by molar-refractivity contribution is 0.188. The Kier molecular flexibility index (Phi) is 5.39. The van der Waals surface area contributed by atoms with Crippen LogP contribution in [0, 0.1) is 5.41 Å². The van der Waals surface area contributed by atoms with Crippen molar-refractivity contribution >= 4 is 23.2 Å². The predicted molar refractivity (Wildman–Crippen MR) is 88.7 cm³/mol. The third-order valence-electron chi connectivity index (χ3n) is 4.39. The van der Waals surface area contributed by atoms with Crippen LogP contribution in [-0.4, -0.2) is 6.04 Å². The van der Waals surface area contributed by atoms with Gasteiger partial charge in [-0.3, -0.25) is 0 Å². The Morgan fingerprint density at radius 1 is 1.35 bits per heavy atom. The lowest BCUT2D eigenvalue weighted by Crippen LogP contribution is -2.39. The maximum Gasteiger partial charge on any atom is 0.0468 e. The average molecular weight is 314 g/mol. The minimum atomic E-state index is 0.318. The first kappa shape index (κ1) is 16.1. The normalized spacial score (nSPS) is 23.6. The molecule has 1 aromatic carbocycles. The van der Waals surface area contributed by atoms with Gasteiger partial charge in [-0.25, -0.2) is 0 Å². The molecule has 0 aliphatic heterocycles. The van der Waals surface area contributed by atoms with E-state index in [1.54, 1.807) is 0 Å². The number of hydrogen-bond acceptors (Lipinski definition) is 1. The van der Waals surface area contributed by atoms with Crippen molar-refractivity contribution in [1.29, 1.82) is 0 Å². The van der Waals surface area contributed by atoms with Crippen LogP contribution in [-0.2, 0) is 0 Å². The van der Waals surface area contributed by atoms with Gasteiger partial charge < -0.3 is 5.32 Å². The van der Waals surface area contributed by atoms with Gasteiger partial charge in [-0.15, -0.1) is 0 Å². The molecule has 1 nitrogen and oxygen atoms in total. The average Bonchev–Trinajstić information content (AvgIpc) is 2.35. The fourth-order valence-electron chi connectivity index (χ4n) is 3.34. The Hall–Kier alpha value is -0.240. The van der Waals surface area contributed by atoms with E-state index in [4.69, 9.17) is 23.2 Å². The number of rotatable bonds is 4. The van der Waals surface area contributed by atoms with Gasteiger partial charge >= 0.3 is 0 Å². The summed E-state index contributed by atoms with van der Waals surface area (Å²) in [7, 11) is 0. The zero-order chi connectivity index (χ0) is 14.8. The summed E-state index contributed by atoms with van der Waals surface area (Å²) in [6, 6.07) is 6.74. The van der Waals surface area contributed by atoms with Crippen molar-refractivity contribution in [3.63, 3.8) is 0 Å². The minimum Gasteiger partial charge on any atom is -0.307 e. The molecule has 0 amide bonds. The highest BCUT2D eigenvalue weighted by molar-refractivity contribution is 6.35. The van der Waals surface area contributed by atoms with E-state index in [1.165, 1.54) is 31.2 Å². The molecule has 0 aromatic heterocycles. The van der Waals surface area contributed by atoms with Crippen molar-refractivity contribution in [3.8, 4) is 0 Å². The van der Waals surface area contributed by atoms with E-state index in [1.807, 2.05) is 12.1 Å². The number of nitrogens with one attached hydrogen (secondary N) is 1. The molecular formula is C17H25Cl2N. The zero-order valence-corrected chi connectivity index (χ0v) is 14.2. The smallest absolute Gasteiger partial charge is 0.0468 e. The second-order valence-corrected chi connectivity index (χ2v) is 7.59. The summed E-state index contributed by atoms with van der Waals surface area (Å²) in [6.45, 7) is 6.95. The van der Waals surface area contributed by atoms with E-state index in [2.05, 4.69) is 32.2 Å². The van der Waals surface area contributed by atoms with Gasteiger partial charge in [-0.05, 0) is 48.8 Å². The van der Waals surface area contributed by atoms with Crippen LogP contribution in [0.5, 0.6) is 0 Å². The second kappa shape index (κ2) is 6.68. The van der Waals surface area contributed by atoms with E-state index in [9.17, 15) is 0 Å². The van der Waals surface area contributed by atoms with Gasteiger partial charge in [0.1, 0.15) is 0 Å². The summed E-state index contributed by atoms with van der Waals surface area (Å²) in [5, 5.41) is 5.28. The summed E-state index contributed by atoms with van der Waals surface area (Å²) < 4.78 is 0. The highest BCUT2D eigenvalue weighted by atomic mass is 35.5. The van der Waals surface area contributed by atoms with Crippen LogP contribution in [0.15, 0.2) is 18.2 Å². The van der Waals surface area contributed by atoms with Crippen molar-refractivity contribution < 1.29 is 0 Å². The van der Waals surface area contributed by atoms with Gasteiger partial charge in [0.05, 0.1) is 0 Å². The number of benzene rings is 1. The predicted octanol–water partition coefficient (Wildman–Crippen LogP) is 6.00. The van der Waals surface area contributed by atoms with Gasteiger partial charge in [-0.2, -0.15) is 0 Å². The first-order valence-corrected chi connectivity index (χ1v) is 8.38. The second-order valence-electron chi connectivity index (χ2n) is 6.75. The van der Waals surface area contributed by atoms with E-state index >= 15 is 0 Å². The molecule has 2 unspecified atom stereocenters. The van der Waals surface area contributed by atoms with Gasteiger partial charge in [0.25, 0.3) is 0 Å². The maximum absolute atomic E-state index is 6.35. The highest BCUT2D eigenvalue weighted by Crippen LogP contribution is 2.37. The lowest BCUT2D eigenvalue weighted by Gasteiger charge is -2.37. The van der Waals surface area contributed by atoms with E-state index < -0.39 is 0 Å². The zero-order valence-electron chi connectivity index (χ0n) is 12.7. The Morgan fingerprint density at radius 2 is 2.10 bits per heavy atom. The van der Waals surface area contributed by atoms with Crippen LogP contribution in [0.2, 0.25) is 10.0 Å². The molecule has 112 valence electrons.